The first-order valence-electron chi connectivity index (χ1n) is 10.2. The van der Waals surface area contributed by atoms with E-state index in [4.69, 9.17) is 9.47 Å². The van der Waals surface area contributed by atoms with E-state index in [2.05, 4.69) is 15.5 Å². The SMILES string of the molecule is CC(=O)OC(C(=O)O)C(OC(C)=O)C(=O)Nc1ccc2c(c1)-c1n[nH]c(=O)c3cccc(c13)C2. The molecule has 0 fully saturated rings. The van der Waals surface area contributed by atoms with Crippen molar-refractivity contribution in [2.24, 2.45) is 0 Å². The van der Waals surface area contributed by atoms with Gasteiger partial charge in [0.15, 0.2) is 0 Å². The summed E-state index contributed by atoms with van der Waals surface area (Å²) < 4.78 is 9.56. The number of esters is 2. The molecule has 0 saturated carbocycles. The number of rotatable bonds is 6. The maximum Gasteiger partial charge on any atom is 0.349 e. The number of aromatic nitrogens is 2. The van der Waals surface area contributed by atoms with Gasteiger partial charge in [-0.05, 0) is 35.7 Å². The number of H-pyrrole nitrogens is 1. The number of nitrogens with one attached hydrogen (secondary N) is 2. The number of carboxylic acid groups (broad SMARTS) is 1. The van der Waals surface area contributed by atoms with Gasteiger partial charge in [0.2, 0.25) is 12.2 Å². The number of carbonyl (C=O) groups excluding carboxylic acids is 3. The normalized spacial score (nSPS) is 13.4. The van der Waals surface area contributed by atoms with E-state index < -0.39 is 36.0 Å². The molecule has 0 spiro atoms. The van der Waals surface area contributed by atoms with Crippen LogP contribution < -0.4 is 10.9 Å². The number of fused-ring (bicyclic) bond motifs is 2. The predicted molar refractivity (Wildman–Crippen MR) is 118 cm³/mol. The van der Waals surface area contributed by atoms with Gasteiger partial charge in [-0.15, -0.1) is 0 Å². The Labute approximate surface area is 191 Å². The van der Waals surface area contributed by atoms with Crippen molar-refractivity contribution < 1.29 is 33.8 Å². The average molecular weight is 465 g/mol. The van der Waals surface area contributed by atoms with Gasteiger partial charge in [0.25, 0.3) is 11.5 Å². The van der Waals surface area contributed by atoms with Gasteiger partial charge in [-0.2, -0.15) is 5.10 Å². The zero-order chi connectivity index (χ0) is 24.6. The monoisotopic (exact) mass is 465 g/mol. The highest BCUT2D eigenvalue weighted by Crippen LogP contribution is 2.37. The maximum absolute atomic E-state index is 12.9. The number of hydrogen-bond acceptors (Lipinski definition) is 8. The summed E-state index contributed by atoms with van der Waals surface area (Å²) in [5.74, 6) is -4.54. The summed E-state index contributed by atoms with van der Waals surface area (Å²) in [5.41, 5.74) is 2.98. The van der Waals surface area contributed by atoms with Crippen LogP contribution in [0, 0.1) is 0 Å². The summed E-state index contributed by atoms with van der Waals surface area (Å²) in [7, 11) is 0. The molecule has 1 aromatic heterocycles. The Morgan fingerprint density at radius 3 is 2.41 bits per heavy atom. The van der Waals surface area contributed by atoms with Crippen LogP contribution in [0.1, 0.15) is 25.0 Å². The second-order valence-corrected chi connectivity index (χ2v) is 7.68. The maximum atomic E-state index is 12.9. The van der Waals surface area contributed by atoms with Gasteiger partial charge in [0.1, 0.15) is 0 Å². The molecule has 2 atom stereocenters. The fourth-order valence-electron chi connectivity index (χ4n) is 3.93. The van der Waals surface area contributed by atoms with E-state index in [1.54, 1.807) is 30.3 Å². The third-order valence-corrected chi connectivity index (χ3v) is 5.28. The van der Waals surface area contributed by atoms with Gasteiger partial charge < -0.3 is 19.9 Å². The van der Waals surface area contributed by atoms with Crippen LogP contribution in [0.5, 0.6) is 0 Å². The summed E-state index contributed by atoms with van der Waals surface area (Å²) in [6, 6.07) is 10.4. The molecule has 1 heterocycles. The number of benzene rings is 2. The van der Waals surface area contributed by atoms with Crippen molar-refractivity contribution in [2.75, 3.05) is 5.32 Å². The standard InChI is InChI=1S/C23H19N3O8/c1-10(27)33-19(20(23(31)32)34-11(2)28)22(30)24-14-7-6-12-8-13-4-3-5-15-17(13)18(16(12)9-14)25-26-21(15)29/h3-7,9,19-20H,8H2,1-2H3,(H,24,30)(H,26,29)(H,31,32). The highest BCUT2D eigenvalue weighted by Gasteiger charge is 2.39. The molecule has 0 bridgehead atoms. The third kappa shape index (κ3) is 4.22. The Hall–Kier alpha value is -4.54. The predicted octanol–water partition coefficient (Wildman–Crippen LogP) is 1.38. The lowest BCUT2D eigenvalue weighted by atomic mass is 9.87. The van der Waals surface area contributed by atoms with E-state index in [1.165, 1.54) is 0 Å². The first-order valence-corrected chi connectivity index (χ1v) is 10.2. The van der Waals surface area contributed by atoms with Crippen LogP contribution in [0.15, 0.2) is 41.2 Å². The number of carboxylic acids is 1. The topological polar surface area (TPSA) is 165 Å². The van der Waals surface area contributed by atoms with E-state index in [9.17, 15) is 29.1 Å². The number of nitrogens with zero attached hydrogens (tertiary/aromatic N) is 1. The summed E-state index contributed by atoms with van der Waals surface area (Å²) in [6.07, 6.45) is -3.41. The lowest BCUT2D eigenvalue weighted by Gasteiger charge is -2.23. The van der Waals surface area contributed by atoms with Crippen molar-refractivity contribution in [2.45, 2.75) is 32.5 Å². The zero-order valence-corrected chi connectivity index (χ0v) is 18.1. The van der Waals surface area contributed by atoms with E-state index in [-0.39, 0.29) is 11.2 Å². The summed E-state index contributed by atoms with van der Waals surface area (Å²) in [4.78, 5) is 59.5. The minimum absolute atomic E-state index is 0.258. The van der Waals surface area contributed by atoms with E-state index in [0.717, 1.165) is 25.0 Å². The van der Waals surface area contributed by atoms with Crippen molar-refractivity contribution in [3.8, 4) is 11.3 Å². The Balaban J connectivity index is 1.70. The molecule has 11 heteroatoms. The highest BCUT2D eigenvalue weighted by molar-refractivity contribution is 6.02. The summed E-state index contributed by atoms with van der Waals surface area (Å²) in [6.45, 7) is 1.97. The molecule has 2 unspecified atom stereocenters. The fraction of sp³-hybridized carbons (Fsp3) is 0.217. The molecule has 0 aliphatic heterocycles. The number of ether oxygens (including phenoxy) is 2. The van der Waals surface area contributed by atoms with Crippen molar-refractivity contribution in [1.82, 2.24) is 10.2 Å². The van der Waals surface area contributed by atoms with Gasteiger partial charge in [-0.25, -0.2) is 9.89 Å². The van der Waals surface area contributed by atoms with Crippen molar-refractivity contribution in [3.63, 3.8) is 0 Å². The molecular formula is C23H19N3O8. The lowest BCUT2D eigenvalue weighted by molar-refractivity contribution is -0.179. The Kier molecular flexibility index (Phi) is 5.84. The minimum atomic E-state index is -2.04. The summed E-state index contributed by atoms with van der Waals surface area (Å²) >= 11 is 0. The number of aromatic amines is 1. The highest BCUT2D eigenvalue weighted by atomic mass is 16.6. The van der Waals surface area contributed by atoms with Gasteiger partial charge in [-0.3, -0.25) is 19.2 Å². The quantitative estimate of drug-likeness (QED) is 0.357. The lowest BCUT2D eigenvalue weighted by Crippen LogP contribution is -2.47. The zero-order valence-electron chi connectivity index (χ0n) is 18.1. The van der Waals surface area contributed by atoms with Gasteiger partial charge in [-0.1, -0.05) is 18.2 Å². The molecule has 1 aliphatic rings. The first kappa shape index (κ1) is 22.6. The molecule has 11 nitrogen and oxygen atoms in total. The molecule has 174 valence electrons. The van der Waals surface area contributed by atoms with Crippen LogP contribution in [0.25, 0.3) is 22.0 Å². The summed E-state index contributed by atoms with van der Waals surface area (Å²) in [5, 5.41) is 19.8. The largest absolute Gasteiger partial charge is 0.478 e. The second kappa shape index (κ2) is 8.77. The van der Waals surface area contributed by atoms with Gasteiger partial charge in [0.05, 0.1) is 11.1 Å². The number of aliphatic carboxylic acids is 1. The first-order chi connectivity index (χ1) is 16.2. The smallest absolute Gasteiger partial charge is 0.349 e. The van der Waals surface area contributed by atoms with Crippen LogP contribution in [-0.2, 0) is 35.1 Å². The fourth-order valence-corrected chi connectivity index (χ4v) is 3.93. The third-order valence-electron chi connectivity index (χ3n) is 5.28. The average Bonchev–Trinajstić information content (AvgIpc) is 2.77. The molecule has 1 aliphatic carbocycles. The van der Waals surface area contributed by atoms with Gasteiger partial charge in [0, 0.05) is 30.5 Å². The van der Waals surface area contributed by atoms with Crippen LogP contribution in [0.3, 0.4) is 0 Å². The van der Waals surface area contributed by atoms with Crippen LogP contribution in [0.4, 0.5) is 5.69 Å². The molecule has 34 heavy (non-hydrogen) atoms. The number of amides is 1. The molecule has 4 rings (SSSR count). The van der Waals surface area contributed by atoms with Crippen LogP contribution >= 0.6 is 0 Å². The molecule has 3 aromatic rings. The van der Waals surface area contributed by atoms with Crippen molar-refractivity contribution >= 4 is 40.3 Å². The Bertz CT molecular complexity index is 1410. The molecule has 0 radical (unpaired) electrons. The molecule has 0 saturated heterocycles. The molecular weight excluding hydrogens is 446 g/mol. The molecule has 3 N–H and O–H groups in total. The van der Waals surface area contributed by atoms with Crippen LogP contribution in [-0.4, -0.2) is 51.3 Å². The Morgan fingerprint density at radius 2 is 1.74 bits per heavy atom. The Morgan fingerprint density at radius 1 is 1.03 bits per heavy atom. The van der Waals surface area contributed by atoms with Crippen molar-refractivity contribution in [1.29, 1.82) is 0 Å². The number of anilines is 1. The van der Waals surface area contributed by atoms with E-state index in [1.807, 2.05) is 6.07 Å². The van der Waals surface area contributed by atoms with E-state index in [0.29, 0.717) is 28.5 Å². The second-order valence-electron chi connectivity index (χ2n) is 7.68. The minimum Gasteiger partial charge on any atom is -0.478 e. The van der Waals surface area contributed by atoms with E-state index >= 15 is 0 Å². The van der Waals surface area contributed by atoms with Crippen molar-refractivity contribution in [3.05, 3.63) is 57.9 Å². The number of hydrogen-bond donors (Lipinski definition) is 3. The molecule has 2 aromatic carbocycles. The molecule has 1 amide bonds. The van der Waals surface area contributed by atoms with Gasteiger partial charge >= 0.3 is 17.9 Å². The number of carbonyl (C=O) groups is 4. The van der Waals surface area contributed by atoms with Crippen LogP contribution in [0.2, 0.25) is 0 Å².